The summed E-state index contributed by atoms with van der Waals surface area (Å²) in [5.74, 6) is -0.158. The number of halogens is 2. The first kappa shape index (κ1) is 10.7. The Bertz CT molecular complexity index is 305. The molecule has 72 valence electrons. The molecule has 0 aliphatic carbocycles. The lowest BCUT2D eigenvalue weighted by molar-refractivity contribution is 0.579. The molecule has 13 heavy (non-hydrogen) atoms. The van der Waals surface area contributed by atoms with E-state index in [1.54, 1.807) is 6.07 Å². The van der Waals surface area contributed by atoms with Crippen LogP contribution in [0.4, 0.5) is 4.39 Å². The summed E-state index contributed by atoms with van der Waals surface area (Å²) in [4.78, 5) is 0. The second-order valence-corrected chi connectivity index (χ2v) is 4.54. The van der Waals surface area contributed by atoms with E-state index < -0.39 is 0 Å². The van der Waals surface area contributed by atoms with E-state index in [4.69, 9.17) is 0 Å². The summed E-state index contributed by atoms with van der Waals surface area (Å²) in [5, 5.41) is 0.838. The van der Waals surface area contributed by atoms with Crippen LogP contribution in [0.25, 0.3) is 0 Å². The van der Waals surface area contributed by atoms with Gasteiger partial charge in [0.05, 0.1) is 0 Å². The van der Waals surface area contributed by atoms with Crippen LogP contribution in [-0.2, 0) is 5.41 Å². The van der Waals surface area contributed by atoms with Crippen molar-refractivity contribution in [1.82, 2.24) is 0 Å². The van der Waals surface area contributed by atoms with Crippen molar-refractivity contribution in [3.8, 4) is 0 Å². The number of hydrogen-bond acceptors (Lipinski definition) is 0. The van der Waals surface area contributed by atoms with E-state index in [0.717, 1.165) is 16.5 Å². The molecule has 0 amide bonds. The fraction of sp³-hybridized carbons (Fsp3) is 0.455. The lowest BCUT2D eigenvalue weighted by Gasteiger charge is -2.24. The average molecular weight is 245 g/mol. The fourth-order valence-electron chi connectivity index (χ4n) is 1.40. The molecule has 0 aliphatic rings. The molecule has 0 saturated carbocycles. The molecule has 0 radical (unpaired) electrons. The Kier molecular flexibility index (Phi) is 3.12. The molecule has 0 aromatic heterocycles. The first-order chi connectivity index (χ1) is 5.97. The number of alkyl halides is 1. The predicted octanol–water partition coefficient (Wildman–Crippen LogP) is 3.81. The lowest BCUT2D eigenvalue weighted by atomic mass is 9.84. The molecule has 0 N–H and O–H groups in total. The topological polar surface area (TPSA) is 0 Å². The van der Waals surface area contributed by atoms with Gasteiger partial charge in [0.2, 0.25) is 0 Å². The van der Waals surface area contributed by atoms with E-state index in [2.05, 4.69) is 29.8 Å². The van der Waals surface area contributed by atoms with Gasteiger partial charge in [-0.2, -0.15) is 0 Å². The van der Waals surface area contributed by atoms with E-state index in [1.165, 1.54) is 6.07 Å². The Labute approximate surface area is 87.3 Å². The van der Waals surface area contributed by atoms with Gasteiger partial charge in [-0.05, 0) is 35.6 Å². The third-order valence-corrected chi connectivity index (χ3v) is 3.66. The molecule has 0 saturated heterocycles. The van der Waals surface area contributed by atoms with Gasteiger partial charge in [-0.3, -0.25) is 0 Å². The van der Waals surface area contributed by atoms with Crippen molar-refractivity contribution in [3.63, 3.8) is 0 Å². The van der Waals surface area contributed by atoms with Crippen LogP contribution in [0.2, 0.25) is 0 Å². The van der Waals surface area contributed by atoms with Crippen molar-refractivity contribution in [2.24, 2.45) is 0 Å². The Morgan fingerprint density at radius 1 is 1.38 bits per heavy atom. The summed E-state index contributed by atoms with van der Waals surface area (Å²) < 4.78 is 13.0. The average Bonchev–Trinajstić information content (AvgIpc) is 2.09. The molecule has 0 aliphatic heterocycles. The second-order valence-electron chi connectivity index (χ2n) is 3.98. The molecule has 0 spiro atoms. The highest BCUT2D eigenvalue weighted by molar-refractivity contribution is 9.09. The Hall–Kier alpha value is -0.370. The van der Waals surface area contributed by atoms with Crippen LogP contribution in [0.15, 0.2) is 18.2 Å². The zero-order valence-electron chi connectivity index (χ0n) is 8.20. The Morgan fingerprint density at radius 3 is 2.54 bits per heavy atom. The molecular weight excluding hydrogens is 231 g/mol. The molecule has 1 rings (SSSR count). The normalized spacial score (nSPS) is 11.8. The van der Waals surface area contributed by atoms with Gasteiger partial charge in [-0.25, -0.2) is 4.39 Å². The third-order valence-electron chi connectivity index (χ3n) is 2.26. The van der Waals surface area contributed by atoms with Crippen molar-refractivity contribution in [1.29, 1.82) is 0 Å². The fourth-order valence-corrected chi connectivity index (χ4v) is 1.70. The van der Waals surface area contributed by atoms with E-state index in [-0.39, 0.29) is 11.2 Å². The zero-order chi connectivity index (χ0) is 10.1. The zero-order valence-corrected chi connectivity index (χ0v) is 9.78. The first-order valence-corrected chi connectivity index (χ1v) is 5.42. The van der Waals surface area contributed by atoms with Crippen molar-refractivity contribution in [2.45, 2.75) is 26.2 Å². The van der Waals surface area contributed by atoms with Crippen molar-refractivity contribution in [2.75, 3.05) is 5.33 Å². The maximum absolute atomic E-state index is 13.0. The smallest absolute Gasteiger partial charge is 0.123 e. The van der Waals surface area contributed by atoms with Crippen LogP contribution in [0, 0.1) is 12.7 Å². The van der Waals surface area contributed by atoms with E-state index >= 15 is 0 Å². The first-order valence-electron chi connectivity index (χ1n) is 4.30. The highest BCUT2D eigenvalue weighted by atomic mass is 79.9. The molecular formula is C11H14BrF. The van der Waals surface area contributed by atoms with Gasteiger partial charge in [0.15, 0.2) is 0 Å². The maximum atomic E-state index is 13.0. The van der Waals surface area contributed by atoms with Crippen LogP contribution in [0.5, 0.6) is 0 Å². The van der Waals surface area contributed by atoms with Gasteiger partial charge < -0.3 is 0 Å². The van der Waals surface area contributed by atoms with Crippen molar-refractivity contribution in [3.05, 3.63) is 35.1 Å². The number of hydrogen-bond donors (Lipinski definition) is 0. The highest BCUT2D eigenvalue weighted by Gasteiger charge is 2.21. The van der Waals surface area contributed by atoms with Crippen LogP contribution < -0.4 is 0 Å². The Morgan fingerprint density at radius 2 is 2.00 bits per heavy atom. The summed E-state index contributed by atoms with van der Waals surface area (Å²) in [6.07, 6.45) is 0. The Balaban J connectivity index is 3.20. The molecule has 1 aromatic carbocycles. The number of rotatable bonds is 2. The molecule has 0 nitrogen and oxygen atoms in total. The van der Waals surface area contributed by atoms with Crippen LogP contribution in [-0.4, -0.2) is 5.33 Å². The lowest BCUT2D eigenvalue weighted by Crippen LogP contribution is -2.20. The molecule has 0 unspecified atom stereocenters. The van der Waals surface area contributed by atoms with E-state index in [0.29, 0.717) is 0 Å². The van der Waals surface area contributed by atoms with Gasteiger partial charge in [0.1, 0.15) is 5.82 Å². The summed E-state index contributed by atoms with van der Waals surface area (Å²) >= 11 is 3.44. The van der Waals surface area contributed by atoms with Crippen molar-refractivity contribution >= 4 is 15.9 Å². The van der Waals surface area contributed by atoms with Gasteiger partial charge in [-0.1, -0.05) is 35.8 Å². The molecule has 0 heterocycles. The number of benzene rings is 1. The van der Waals surface area contributed by atoms with Crippen LogP contribution in [0.1, 0.15) is 25.0 Å². The molecule has 0 fully saturated rings. The predicted molar refractivity (Wildman–Crippen MR) is 58.0 cm³/mol. The van der Waals surface area contributed by atoms with Crippen molar-refractivity contribution < 1.29 is 4.39 Å². The van der Waals surface area contributed by atoms with Gasteiger partial charge in [0, 0.05) is 5.33 Å². The largest absolute Gasteiger partial charge is 0.207 e. The SMILES string of the molecule is Cc1ccc(F)cc1C(C)(C)CBr. The van der Waals surface area contributed by atoms with E-state index in [1.807, 2.05) is 13.0 Å². The minimum atomic E-state index is -0.158. The maximum Gasteiger partial charge on any atom is 0.123 e. The summed E-state index contributed by atoms with van der Waals surface area (Å²) in [7, 11) is 0. The molecule has 1 aromatic rings. The number of aryl methyl sites for hydroxylation is 1. The van der Waals surface area contributed by atoms with Gasteiger partial charge in [-0.15, -0.1) is 0 Å². The minimum absolute atomic E-state index is 0.00775. The van der Waals surface area contributed by atoms with Gasteiger partial charge >= 0.3 is 0 Å². The van der Waals surface area contributed by atoms with Crippen LogP contribution >= 0.6 is 15.9 Å². The third kappa shape index (κ3) is 2.31. The van der Waals surface area contributed by atoms with Gasteiger partial charge in [0.25, 0.3) is 0 Å². The molecule has 0 atom stereocenters. The quantitative estimate of drug-likeness (QED) is 0.695. The molecule has 2 heteroatoms. The van der Waals surface area contributed by atoms with Crippen LogP contribution in [0.3, 0.4) is 0 Å². The standard InChI is InChI=1S/C11H14BrF/c1-8-4-5-9(13)6-10(8)11(2,3)7-12/h4-6H,7H2,1-3H3. The van der Waals surface area contributed by atoms with E-state index in [9.17, 15) is 4.39 Å². The summed E-state index contributed by atoms with van der Waals surface area (Å²) in [5.41, 5.74) is 2.21. The second kappa shape index (κ2) is 3.79. The highest BCUT2D eigenvalue weighted by Crippen LogP contribution is 2.28. The minimum Gasteiger partial charge on any atom is -0.207 e. The monoisotopic (exact) mass is 244 g/mol. The summed E-state index contributed by atoms with van der Waals surface area (Å²) in [6.45, 7) is 6.21. The molecule has 0 bridgehead atoms. The summed E-state index contributed by atoms with van der Waals surface area (Å²) in [6, 6.07) is 4.95.